The lowest BCUT2D eigenvalue weighted by atomic mass is 9.90. The van der Waals surface area contributed by atoms with Crippen molar-refractivity contribution < 1.29 is 9.59 Å². The summed E-state index contributed by atoms with van der Waals surface area (Å²) in [4.78, 5) is 26.7. The van der Waals surface area contributed by atoms with Crippen molar-refractivity contribution in [1.29, 1.82) is 0 Å². The molecule has 0 aromatic heterocycles. The van der Waals surface area contributed by atoms with Crippen molar-refractivity contribution in [2.75, 3.05) is 12.3 Å². The first-order valence-electron chi connectivity index (χ1n) is 11.5. The Bertz CT molecular complexity index is 1060. The lowest BCUT2D eigenvalue weighted by Crippen LogP contribution is -2.48. The van der Waals surface area contributed by atoms with Gasteiger partial charge in [0.2, 0.25) is 11.8 Å². The minimum Gasteiger partial charge on any atom is -0.397 e. The third-order valence-corrected chi connectivity index (χ3v) is 7.03. The van der Waals surface area contributed by atoms with Crippen molar-refractivity contribution in [2.45, 2.75) is 37.8 Å². The number of unbranched alkanes of at least 4 members (excludes halogenated alkanes) is 1. The van der Waals surface area contributed by atoms with E-state index in [9.17, 15) is 9.59 Å². The Kier molecular flexibility index (Phi) is 10.3. The van der Waals surface area contributed by atoms with E-state index >= 15 is 0 Å². The Morgan fingerprint density at radius 1 is 0.829 bits per heavy atom. The van der Waals surface area contributed by atoms with E-state index in [2.05, 4.69) is 42.5 Å². The number of rotatable bonds is 11. The van der Waals surface area contributed by atoms with Gasteiger partial charge in [0.05, 0.1) is 11.6 Å². The molecule has 0 aliphatic carbocycles. The fourth-order valence-corrected chi connectivity index (χ4v) is 5.14. The van der Waals surface area contributed by atoms with Gasteiger partial charge in [-0.15, -0.1) is 0 Å². The number of anilines is 1. The average Bonchev–Trinajstić information content (AvgIpc) is 2.86. The molecule has 6 nitrogen and oxygen atoms in total. The average molecular weight is 602 g/mol. The Balaban J connectivity index is 1.77. The monoisotopic (exact) mass is 600 g/mol. The van der Waals surface area contributed by atoms with E-state index in [0.717, 1.165) is 38.5 Å². The van der Waals surface area contributed by atoms with Crippen LogP contribution in [-0.2, 0) is 16.1 Å². The van der Waals surface area contributed by atoms with Gasteiger partial charge in [-0.05, 0) is 86.5 Å². The van der Waals surface area contributed by atoms with Crippen LogP contribution in [0.4, 0.5) is 5.69 Å². The third kappa shape index (κ3) is 7.65. The van der Waals surface area contributed by atoms with Crippen LogP contribution in [0.3, 0.4) is 0 Å². The summed E-state index contributed by atoms with van der Waals surface area (Å²) in [7, 11) is 0. The van der Waals surface area contributed by atoms with E-state index < -0.39 is 12.0 Å². The van der Waals surface area contributed by atoms with Crippen molar-refractivity contribution in [2.24, 2.45) is 5.73 Å². The van der Waals surface area contributed by atoms with Crippen molar-refractivity contribution in [3.05, 3.63) is 98.4 Å². The van der Waals surface area contributed by atoms with Gasteiger partial charge in [-0.2, -0.15) is 0 Å². The van der Waals surface area contributed by atoms with Crippen LogP contribution in [0, 0.1) is 0 Å². The zero-order valence-electron chi connectivity index (χ0n) is 19.3. The summed E-state index contributed by atoms with van der Waals surface area (Å²) in [5, 5.41) is 5.97. The highest BCUT2D eigenvalue weighted by molar-refractivity contribution is 9.11. The van der Waals surface area contributed by atoms with Crippen LogP contribution in [0.5, 0.6) is 0 Å². The van der Waals surface area contributed by atoms with Gasteiger partial charge in [0.1, 0.15) is 6.04 Å². The quantitative estimate of drug-likeness (QED) is 0.186. The first-order chi connectivity index (χ1) is 16.9. The number of benzene rings is 3. The number of nitrogens with two attached hydrogens (primary N) is 2. The Morgan fingerprint density at radius 2 is 1.37 bits per heavy atom. The van der Waals surface area contributed by atoms with Crippen LogP contribution >= 0.6 is 31.9 Å². The lowest BCUT2D eigenvalue weighted by molar-refractivity contribution is -0.129. The predicted octanol–water partition coefficient (Wildman–Crippen LogP) is 4.86. The highest BCUT2D eigenvalue weighted by Crippen LogP contribution is 2.29. The molecule has 0 bridgehead atoms. The van der Waals surface area contributed by atoms with Gasteiger partial charge in [-0.25, -0.2) is 0 Å². The van der Waals surface area contributed by atoms with Crippen molar-refractivity contribution in [1.82, 2.24) is 10.6 Å². The number of carbonyl (C=O) groups excluding carboxylic acids is 2. The fourth-order valence-electron chi connectivity index (χ4n) is 3.85. The van der Waals surface area contributed by atoms with Crippen molar-refractivity contribution >= 4 is 49.4 Å². The zero-order chi connectivity index (χ0) is 25.2. The number of amides is 2. The third-order valence-electron chi connectivity index (χ3n) is 5.71. The molecule has 2 amide bonds. The topological polar surface area (TPSA) is 110 Å². The van der Waals surface area contributed by atoms with E-state index in [1.807, 2.05) is 72.8 Å². The van der Waals surface area contributed by atoms with Gasteiger partial charge in [0.15, 0.2) is 0 Å². The molecule has 0 fully saturated rings. The largest absolute Gasteiger partial charge is 0.397 e. The second kappa shape index (κ2) is 13.4. The predicted molar refractivity (Wildman–Crippen MR) is 148 cm³/mol. The lowest BCUT2D eigenvalue weighted by Gasteiger charge is -2.23. The molecule has 8 heteroatoms. The summed E-state index contributed by atoms with van der Waals surface area (Å²) in [6.45, 7) is 0.840. The minimum absolute atomic E-state index is 0.215. The number of hydrogen-bond acceptors (Lipinski definition) is 4. The molecule has 1 atom stereocenters. The summed E-state index contributed by atoms with van der Waals surface area (Å²) in [5.41, 5.74) is 14.8. The van der Waals surface area contributed by atoms with E-state index in [1.165, 1.54) is 0 Å². The molecule has 35 heavy (non-hydrogen) atoms. The maximum Gasteiger partial charge on any atom is 0.242 e. The maximum atomic E-state index is 13.6. The Hall–Kier alpha value is -2.68. The first-order valence-corrected chi connectivity index (χ1v) is 13.1. The van der Waals surface area contributed by atoms with Crippen LogP contribution in [0.1, 0.15) is 41.9 Å². The molecule has 0 radical (unpaired) electrons. The minimum atomic E-state index is -0.676. The summed E-state index contributed by atoms with van der Waals surface area (Å²) < 4.78 is 1.50. The van der Waals surface area contributed by atoms with E-state index in [0.29, 0.717) is 25.2 Å². The van der Waals surface area contributed by atoms with Crippen molar-refractivity contribution in [3.8, 4) is 0 Å². The van der Waals surface area contributed by atoms with Crippen molar-refractivity contribution in [3.63, 3.8) is 0 Å². The summed E-state index contributed by atoms with van der Waals surface area (Å²) in [5.74, 6) is -0.973. The zero-order valence-corrected chi connectivity index (χ0v) is 22.5. The Labute approximate surface area is 223 Å². The number of hydrogen-bond donors (Lipinski definition) is 4. The van der Waals surface area contributed by atoms with Crippen LogP contribution in [0.25, 0.3) is 0 Å². The van der Waals surface area contributed by atoms with Gasteiger partial charge in [-0.1, -0.05) is 60.7 Å². The van der Waals surface area contributed by atoms with Crippen LogP contribution in [-0.4, -0.2) is 24.4 Å². The highest BCUT2D eigenvalue weighted by atomic mass is 79.9. The second-order valence-electron chi connectivity index (χ2n) is 8.29. The molecule has 0 aliphatic heterocycles. The summed E-state index contributed by atoms with van der Waals surface area (Å²) in [6.07, 6.45) is 2.01. The highest BCUT2D eigenvalue weighted by Gasteiger charge is 2.27. The van der Waals surface area contributed by atoms with Gasteiger partial charge in [-0.3, -0.25) is 9.59 Å². The molecule has 6 N–H and O–H groups in total. The normalized spacial score (nSPS) is 11.8. The molecule has 3 aromatic carbocycles. The van der Waals surface area contributed by atoms with E-state index in [1.54, 1.807) is 0 Å². The molecule has 1 unspecified atom stereocenters. The number of halogens is 2. The molecule has 3 rings (SSSR count). The van der Waals surface area contributed by atoms with Gasteiger partial charge in [0, 0.05) is 15.5 Å². The fraction of sp³-hybridized carbons (Fsp3) is 0.259. The van der Waals surface area contributed by atoms with Gasteiger partial charge in [0.25, 0.3) is 0 Å². The van der Waals surface area contributed by atoms with E-state index in [-0.39, 0.29) is 11.8 Å². The van der Waals surface area contributed by atoms with Gasteiger partial charge < -0.3 is 22.1 Å². The molecular weight excluding hydrogens is 572 g/mol. The SMILES string of the molecule is NCCCCC(NC(=O)C(c1ccccc1)c1ccccc1)C(=O)NCc1cc(Br)c(N)c(Br)c1. The molecule has 0 spiro atoms. The summed E-state index contributed by atoms with van der Waals surface area (Å²) >= 11 is 6.86. The molecular formula is C27H30Br2N4O2. The molecule has 184 valence electrons. The Morgan fingerprint density at radius 3 is 1.89 bits per heavy atom. The maximum absolute atomic E-state index is 13.6. The second-order valence-corrected chi connectivity index (χ2v) is 10.00. The smallest absolute Gasteiger partial charge is 0.242 e. The number of nitrogens with one attached hydrogen (secondary N) is 2. The van der Waals surface area contributed by atoms with Crippen LogP contribution in [0.15, 0.2) is 81.7 Å². The number of nitrogen functional groups attached to an aromatic ring is 1. The molecule has 0 heterocycles. The standard InChI is InChI=1S/C27H30Br2N4O2/c28-21-15-18(16-22(29)25(21)31)17-32-26(34)23(13-7-8-14-30)33-27(35)24(19-9-3-1-4-10-19)20-11-5-2-6-12-20/h1-6,9-12,15-16,23-24H,7-8,13-14,17,30-31H2,(H,32,34)(H,33,35). The summed E-state index contributed by atoms with van der Waals surface area (Å²) in [6, 6.07) is 22.2. The molecule has 3 aromatic rings. The molecule has 0 saturated heterocycles. The number of carbonyl (C=O) groups is 2. The molecule has 0 saturated carbocycles. The first kappa shape index (κ1) is 26.9. The van der Waals surface area contributed by atoms with Crippen LogP contribution < -0.4 is 22.1 Å². The van der Waals surface area contributed by atoms with Gasteiger partial charge >= 0.3 is 0 Å². The van der Waals surface area contributed by atoms with E-state index in [4.69, 9.17) is 11.5 Å². The van der Waals surface area contributed by atoms with Crippen LogP contribution in [0.2, 0.25) is 0 Å². The molecule has 0 aliphatic rings.